The third-order valence-corrected chi connectivity index (χ3v) is 7.60. The number of rotatable bonds is 2. The standard InChI is InChI=1S/C30H18Br2N2/c31-19-10-13-28-24(16-19)25-17-20(32)11-14-29(25)34(28)22-12-15-30-26(18-22)23-8-4-5-9-27(23)33(30)21-6-2-1-3-7-21/h1-18H. The minimum absolute atomic E-state index is 1.08. The van der Waals surface area contributed by atoms with Crippen LogP contribution < -0.4 is 0 Å². The van der Waals surface area contributed by atoms with Crippen LogP contribution in [0.3, 0.4) is 0 Å². The van der Waals surface area contributed by atoms with Crippen LogP contribution in [-0.2, 0) is 0 Å². The summed E-state index contributed by atoms with van der Waals surface area (Å²) in [5, 5.41) is 4.98. The van der Waals surface area contributed by atoms with Gasteiger partial charge in [0.25, 0.3) is 0 Å². The van der Waals surface area contributed by atoms with Crippen LogP contribution >= 0.6 is 31.9 Å². The maximum atomic E-state index is 3.66. The first-order chi connectivity index (χ1) is 16.7. The minimum atomic E-state index is 1.08. The molecule has 0 saturated carbocycles. The first kappa shape index (κ1) is 20.1. The lowest BCUT2D eigenvalue weighted by Crippen LogP contribution is -1.95. The van der Waals surface area contributed by atoms with Gasteiger partial charge < -0.3 is 9.13 Å². The van der Waals surface area contributed by atoms with E-state index in [-0.39, 0.29) is 0 Å². The van der Waals surface area contributed by atoms with Crippen molar-refractivity contribution in [2.45, 2.75) is 0 Å². The molecule has 0 unspecified atom stereocenters. The molecule has 0 aliphatic rings. The molecular formula is C30H18Br2N2. The lowest BCUT2D eigenvalue weighted by atomic mass is 10.1. The number of nitrogens with zero attached hydrogens (tertiary/aromatic N) is 2. The summed E-state index contributed by atoms with van der Waals surface area (Å²) < 4.78 is 6.90. The Morgan fingerprint density at radius 1 is 0.382 bits per heavy atom. The van der Waals surface area contributed by atoms with Crippen LogP contribution in [0, 0.1) is 0 Å². The molecule has 162 valence electrons. The van der Waals surface area contributed by atoms with E-state index in [0.717, 1.165) is 14.6 Å². The molecule has 34 heavy (non-hydrogen) atoms. The van der Waals surface area contributed by atoms with E-state index >= 15 is 0 Å². The quantitative estimate of drug-likeness (QED) is 0.197. The molecular weight excluding hydrogens is 548 g/mol. The second kappa shape index (κ2) is 7.59. The molecule has 2 heterocycles. The van der Waals surface area contributed by atoms with Crippen molar-refractivity contribution >= 4 is 75.5 Å². The molecule has 7 aromatic rings. The summed E-state index contributed by atoms with van der Waals surface area (Å²) in [7, 11) is 0. The lowest BCUT2D eigenvalue weighted by molar-refractivity contribution is 1.16. The van der Waals surface area contributed by atoms with Crippen molar-refractivity contribution in [1.29, 1.82) is 0 Å². The molecule has 0 aliphatic heterocycles. The predicted octanol–water partition coefficient (Wildman–Crippen LogP) is 9.41. The summed E-state index contributed by atoms with van der Waals surface area (Å²) in [6, 6.07) is 39.1. The van der Waals surface area contributed by atoms with Crippen LogP contribution in [0.15, 0.2) is 118 Å². The van der Waals surface area contributed by atoms with Crippen LogP contribution in [0.25, 0.3) is 55.0 Å². The molecule has 0 atom stereocenters. The van der Waals surface area contributed by atoms with Crippen LogP contribution in [0.1, 0.15) is 0 Å². The molecule has 0 spiro atoms. The summed E-state index contributed by atoms with van der Waals surface area (Å²) in [6.45, 7) is 0. The van der Waals surface area contributed by atoms with Crippen LogP contribution in [0.5, 0.6) is 0 Å². The number of hydrogen-bond donors (Lipinski definition) is 0. The molecule has 2 aromatic heterocycles. The molecule has 2 nitrogen and oxygen atoms in total. The summed E-state index contributed by atoms with van der Waals surface area (Å²) in [5.41, 5.74) is 7.16. The fraction of sp³-hybridized carbons (Fsp3) is 0. The monoisotopic (exact) mass is 564 g/mol. The molecule has 0 fully saturated rings. The number of para-hydroxylation sites is 2. The molecule has 5 aromatic carbocycles. The van der Waals surface area contributed by atoms with Crippen LogP contribution in [0.2, 0.25) is 0 Å². The molecule has 4 heteroatoms. The molecule has 0 amide bonds. The lowest BCUT2D eigenvalue weighted by Gasteiger charge is -2.10. The van der Waals surface area contributed by atoms with Crippen molar-refractivity contribution in [2.75, 3.05) is 0 Å². The fourth-order valence-corrected chi connectivity index (χ4v) is 5.92. The van der Waals surface area contributed by atoms with Crippen molar-refractivity contribution < 1.29 is 0 Å². The maximum Gasteiger partial charge on any atom is 0.0542 e. The average Bonchev–Trinajstić information content (AvgIpc) is 3.36. The third-order valence-electron chi connectivity index (χ3n) is 6.62. The minimum Gasteiger partial charge on any atom is -0.309 e. The smallest absolute Gasteiger partial charge is 0.0542 e. The van der Waals surface area contributed by atoms with Gasteiger partial charge >= 0.3 is 0 Å². The zero-order valence-electron chi connectivity index (χ0n) is 18.0. The van der Waals surface area contributed by atoms with E-state index in [9.17, 15) is 0 Å². The summed E-state index contributed by atoms with van der Waals surface area (Å²) >= 11 is 7.33. The van der Waals surface area contributed by atoms with E-state index in [1.54, 1.807) is 0 Å². The van der Waals surface area contributed by atoms with Gasteiger partial charge in [-0.15, -0.1) is 0 Å². The topological polar surface area (TPSA) is 9.86 Å². The third kappa shape index (κ3) is 2.92. The molecule has 0 saturated heterocycles. The van der Waals surface area contributed by atoms with Gasteiger partial charge in [-0.25, -0.2) is 0 Å². The van der Waals surface area contributed by atoms with E-state index < -0.39 is 0 Å². The van der Waals surface area contributed by atoms with E-state index in [1.807, 2.05) is 0 Å². The second-order valence-corrected chi connectivity index (χ2v) is 10.4. The van der Waals surface area contributed by atoms with Crippen molar-refractivity contribution in [3.63, 3.8) is 0 Å². The highest BCUT2D eigenvalue weighted by molar-refractivity contribution is 9.10. The largest absolute Gasteiger partial charge is 0.309 e. The van der Waals surface area contributed by atoms with Gasteiger partial charge in [-0.3, -0.25) is 0 Å². The predicted molar refractivity (Wildman–Crippen MR) is 151 cm³/mol. The highest BCUT2D eigenvalue weighted by Gasteiger charge is 2.16. The highest BCUT2D eigenvalue weighted by Crippen LogP contribution is 2.38. The summed E-state index contributed by atoms with van der Waals surface area (Å²) in [6.07, 6.45) is 0. The van der Waals surface area contributed by atoms with Gasteiger partial charge in [-0.2, -0.15) is 0 Å². The normalized spacial score (nSPS) is 11.8. The Labute approximate surface area is 213 Å². The Kier molecular flexibility index (Phi) is 4.48. The van der Waals surface area contributed by atoms with Gasteiger partial charge in [0.2, 0.25) is 0 Å². The first-order valence-corrected chi connectivity index (χ1v) is 12.8. The fourth-order valence-electron chi connectivity index (χ4n) is 5.20. The van der Waals surface area contributed by atoms with E-state index in [4.69, 9.17) is 0 Å². The molecule has 0 aliphatic carbocycles. The van der Waals surface area contributed by atoms with E-state index in [0.29, 0.717) is 0 Å². The Morgan fingerprint density at radius 3 is 1.56 bits per heavy atom. The van der Waals surface area contributed by atoms with Crippen molar-refractivity contribution in [2.24, 2.45) is 0 Å². The Bertz CT molecular complexity index is 1820. The molecule has 7 rings (SSSR count). The number of halogens is 2. The SMILES string of the molecule is Brc1ccc2c(c1)c1cc(Br)ccc1n2-c1ccc2c(c1)c1ccccc1n2-c1ccccc1. The van der Waals surface area contributed by atoms with Gasteiger partial charge in [0.05, 0.1) is 22.1 Å². The number of fused-ring (bicyclic) bond motifs is 6. The summed E-state index contributed by atoms with van der Waals surface area (Å²) in [5.74, 6) is 0. The van der Waals surface area contributed by atoms with Crippen molar-refractivity contribution in [3.8, 4) is 11.4 Å². The van der Waals surface area contributed by atoms with Crippen molar-refractivity contribution in [1.82, 2.24) is 9.13 Å². The van der Waals surface area contributed by atoms with Gasteiger partial charge in [0, 0.05) is 41.9 Å². The number of benzene rings is 5. The van der Waals surface area contributed by atoms with Gasteiger partial charge in [0.1, 0.15) is 0 Å². The van der Waals surface area contributed by atoms with Gasteiger partial charge in [-0.1, -0.05) is 68.3 Å². The van der Waals surface area contributed by atoms with E-state index in [2.05, 4.69) is 150 Å². The summed E-state index contributed by atoms with van der Waals surface area (Å²) in [4.78, 5) is 0. The Morgan fingerprint density at radius 2 is 0.882 bits per heavy atom. The molecule has 0 bridgehead atoms. The highest BCUT2D eigenvalue weighted by atomic mass is 79.9. The molecule has 0 radical (unpaired) electrons. The molecule has 0 N–H and O–H groups in total. The van der Waals surface area contributed by atoms with Crippen LogP contribution in [0.4, 0.5) is 0 Å². The maximum absolute atomic E-state index is 3.66. The van der Waals surface area contributed by atoms with Gasteiger partial charge in [-0.05, 0) is 72.8 Å². The zero-order valence-corrected chi connectivity index (χ0v) is 21.2. The first-order valence-electron chi connectivity index (χ1n) is 11.2. The number of hydrogen-bond acceptors (Lipinski definition) is 0. The van der Waals surface area contributed by atoms with Gasteiger partial charge in [0.15, 0.2) is 0 Å². The van der Waals surface area contributed by atoms with E-state index in [1.165, 1.54) is 49.3 Å². The second-order valence-electron chi connectivity index (χ2n) is 8.55. The Balaban J connectivity index is 1.58. The van der Waals surface area contributed by atoms with Crippen molar-refractivity contribution in [3.05, 3.63) is 118 Å². The Hall–Kier alpha value is -3.34. The zero-order chi connectivity index (χ0) is 22.8. The average molecular weight is 566 g/mol. The number of aromatic nitrogens is 2. The van der Waals surface area contributed by atoms with Crippen LogP contribution in [-0.4, -0.2) is 9.13 Å².